The molecule has 2 amide bonds. The lowest BCUT2D eigenvalue weighted by Crippen LogP contribution is -2.53. The molecule has 3 aromatic rings. The fourth-order valence-corrected chi connectivity index (χ4v) is 6.40. The predicted octanol–water partition coefficient (Wildman–Crippen LogP) is 4.80. The second kappa shape index (κ2) is 13.6. The number of nitro benzene ring substituents is 1. The maximum absolute atomic E-state index is 14.7. The van der Waals surface area contributed by atoms with Crippen LogP contribution < -0.4 is 9.62 Å². The Bertz CT molecular complexity index is 1530. The van der Waals surface area contributed by atoms with Crippen LogP contribution in [0.5, 0.6) is 0 Å². The monoisotopic (exact) mass is 596 g/mol. The average Bonchev–Trinajstić information content (AvgIpc) is 3.00. The predicted molar refractivity (Wildman–Crippen MR) is 155 cm³/mol. The summed E-state index contributed by atoms with van der Waals surface area (Å²) >= 11 is 0. The number of hydrogen-bond donors (Lipinski definition) is 1. The molecule has 222 valence electrons. The summed E-state index contributed by atoms with van der Waals surface area (Å²) in [5.74, 6) is -1.79. The van der Waals surface area contributed by atoms with E-state index in [0.29, 0.717) is 0 Å². The van der Waals surface area contributed by atoms with Crippen molar-refractivity contribution in [1.82, 2.24) is 10.2 Å². The first kappa shape index (κ1) is 30.6. The molecular formula is C30H33FN4O6S. The van der Waals surface area contributed by atoms with Gasteiger partial charge < -0.3 is 10.2 Å². The highest BCUT2D eigenvalue weighted by atomic mass is 32.2. The van der Waals surface area contributed by atoms with E-state index < -0.39 is 45.2 Å². The van der Waals surface area contributed by atoms with E-state index in [-0.39, 0.29) is 34.4 Å². The number of amides is 2. The summed E-state index contributed by atoms with van der Waals surface area (Å²) in [6.45, 7) is 0.438. The first-order valence-electron chi connectivity index (χ1n) is 13.7. The third-order valence-electron chi connectivity index (χ3n) is 7.36. The molecule has 10 nitrogen and oxygen atoms in total. The van der Waals surface area contributed by atoms with Crippen LogP contribution in [0.4, 0.5) is 15.8 Å². The molecule has 0 unspecified atom stereocenters. The number of benzene rings is 3. The van der Waals surface area contributed by atoms with Gasteiger partial charge in [0, 0.05) is 30.3 Å². The second-order valence-electron chi connectivity index (χ2n) is 10.2. The van der Waals surface area contributed by atoms with Gasteiger partial charge in [-0.25, -0.2) is 12.8 Å². The van der Waals surface area contributed by atoms with Crippen LogP contribution >= 0.6 is 0 Å². The second-order valence-corrected chi connectivity index (χ2v) is 12.1. The molecule has 3 aromatic carbocycles. The Balaban J connectivity index is 1.71. The quantitative estimate of drug-likeness (QED) is 0.250. The Morgan fingerprint density at radius 2 is 1.67 bits per heavy atom. The van der Waals surface area contributed by atoms with Gasteiger partial charge in [0.15, 0.2) is 0 Å². The Kier molecular flexibility index (Phi) is 9.89. The van der Waals surface area contributed by atoms with Gasteiger partial charge in [-0.1, -0.05) is 61.7 Å². The van der Waals surface area contributed by atoms with E-state index in [4.69, 9.17) is 0 Å². The molecule has 0 saturated heterocycles. The molecule has 0 heterocycles. The molecule has 0 aromatic heterocycles. The topological polar surface area (TPSA) is 130 Å². The van der Waals surface area contributed by atoms with Gasteiger partial charge in [0.2, 0.25) is 11.8 Å². The molecule has 0 aliphatic heterocycles. The van der Waals surface area contributed by atoms with Crippen LogP contribution in [-0.4, -0.2) is 48.7 Å². The molecule has 12 heteroatoms. The van der Waals surface area contributed by atoms with E-state index in [1.807, 2.05) is 0 Å². The van der Waals surface area contributed by atoms with Gasteiger partial charge in [-0.05, 0) is 44.0 Å². The van der Waals surface area contributed by atoms with Gasteiger partial charge in [-0.3, -0.25) is 24.0 Å². The van der Waals surface area contributed by atoms with Gasteiger partial charge in [0.1, 0.15) is 18.4 Å². The van der Waals surface area contributed by atoms with Gasteiger partial charge >= 0.3 is 0 Å². The molecule has 1 saturated carbocycles. The molecule has 0 radical (unpaired) electrons. The zero-order valence-corrected chi connectivity index (χ0v) is 24.0. The summed E-state index contributed by atoms with van der Waals surface area (Å²) in [5, 5.41) is 14.5. The van der Waals surface area contributed by atoms with Gasteiger partial charge in [0.25, 0.3) is 15.7 Å². The highest BCUT2D eigenvalue weighted by Crippen LogP contribution is 2.28. The van der Waals surface area contributed by atoms with E-state index >= 15 is 0 Å². The van der Waals surface area contributed by atoms with Crippen molar-refractivity contribution >= 4 is 33.2 Å². The molecule has 1 fully saturated rings. The number of rotatable bonds is 11. The van der Waals surface area contributed by atoms with Crippen molar-refractivity contribution in [3.05, 3.63) is 100 Å². The van der Waals surface area contributed by atoms with Crippen molar-refractivity contribution < 1.29 is 27.3 Å². The van der Waals surface area contributed by atoms with Crippen LogP contribution in [0, 0.1) is 15.9 Å². The summed E-state index contributed by atoms with van der Waals surface area (Å²) in [7, 11) is -4.39. The van der Waals surface area contributed by atoms with E-state index in [2.05, 4.69) is 5.32 Å². The largest absolute Gasteiger partial charge is 0.352 e. The van der Waals surface area contributed by atoms with Crippen LogP contribution in [0.15, 0.2) is 83.8 Å². The van der Waals surface area contributed by atoms with E-state index in [1.54, 1.807) is 12.1 Å². The Morgan fingerprint density at radius 1 is 1.00 bits per heavy atom. The number of nitrogens with zero attached hydrogens (tertiary/aromatic N) is 3. The molecule has 0 spiro atoms. The molecule has 42 heavy (non-hydrogen) atoms. The first-order valence-corrected chi connectivity index (χ1v) is 15.2. The highest BCUT2D eigenvalue weighted by molar-refractivity contribution is 7.92. The number of carbonyl (C=O) groups is 2. The number of anilines is 1. The van der Waals surface area contributed by atoms with Crippen molar-refractivity contribution in [3.8, 4) is 0 Å². The summed E-state index contributed by atoms with van der Waals surface area (Å²) in [6, 6.07) is 17.0. The fraction of sp³-hybridized carbons (Fsp3) is 0.333. The van der Waals surface area contributed by atoms with Crippen LogP contribution in [0.2, 0.25) is 0 Å². The number of halogens is 1. The molecule has 1 aliphatic carbocycles. The van der Waals surface area contributed by atoms with Gasteiger partial charge in [-0.2, -0.15) is 0 Å². The van der Waals surface area contributed by atoms with Gasteiger partial charge in [-0.15, -0.1) is 0 Å². The number of carbonyl (C=O) groups excluding carboxylic acids is 2. The van der Waals surface area contributed by atoms with E-state index in [1.165, 1.54) is 67.6 Å². The third kappa shape index (κ3) is 7.30. The maximum Gasteiger partial charge on any atom is 0.271 e. The summed E-state index contributed by atoms with van der Waals surface area (Å²) in [5.41, 5.74) is -0.320. The first-order chi connectivity index (χ1) is 20.1. The lowest BCUT2D eigenvalue weighted by atomic mass is 9.95. The van der Waals surface area contributed by atoms with Crippen molar-refractivity contribution in [2.45, 2.75) is 62.6 Å². The van der Waals surface area contributed by atoms with Crippen LogP contribution in [0.1, 0.15) is 44.6 Å². The molecule has 1 N–H and O–H groups in total. The zero-order valence-electron chi connectivity index (χ0n) is 23.2. The van der Waals surface area contributed by atoms with Crippen LogP contribution in [0.25, 0.3) is 0 Å². The summed E-state index contributed by atoms with van der Waals surface area (Å²) < 4.78 is 43.1. The highest BCUT2D eigenvalue weighted by Gasteiger charge is 2.34. The molecule has 0 bridgehead atoms. The van der Waals surface area contributed by atoms with Crippen molar-refractivity contribution in [2.24, 2.45) is 0 Å². The van der Waals surface area contributed by atoms with E-state index in [0.717, 1.165) is 47.4 Å². The lowest BCUT2D eigenvalue weighted by molar-refractivity contribution is -0.384. The zero-order chi connectivity index (χ0) is 30.3. The Hall–Kier alpha value is -4.32. The molecular weight excluding hydrogens is 563 g/mol. The van der Waals surface area contributed by atoms with Crippen LogP contribution in [0.3, 0.4) is 0 Å². The number of nitro groups is 1. The van der Waals surface area contributed by atoms with Crippen molar-refractivity contribution in [3.63, 3.8) is 0 Å². The average molecular weight is 597 g/mol. The summed E-state index contributed by atoms with van der Waals surface area (Å²) in [4.78, 5) is 39.1. The standard InChI is InChI=1S/C30H33FN4O6S/c1-22(30(37)32-24-12-4-2-5-13-24)33(20-23-11-8-9-18-28(23)31)29(36)21-34(25-14-10-15-26(19-25)35(38)39)42(40,41)27-16-6-3-7-17-27/h3,6-11,14-19,22,24H,2,4-5,12-13,20-21H2,1H3,(H,32,37)/t22-/m1/s1. The van der Waals surface area contributed by atoms with Crippen LogP contribution in [-0.2, 0) is 26.2 Å². The number of hydrogen-bond acceptors (Lipinski definition) is 6. The minimum absolute atomic E-state index is 0.0426. The van der Waals surface area contributed by atoms with Crippen molar-refractivity contribution in [2.75, 3.05) is 10.8 Å². The van der Waals surface area contributed by atoms with E-state index in [9.17, 15) is 32.5 Å². The lowest BCUT2D eigenvalue weighted by Gasteiger charge is -2.33. The Morgan fingerprint density at radius 3 is 2.33 bits per heavy atom. The third-order valence-corrected chi connectivity index (χ3v) is 9.14. The van der Waals surface area contributed by atoms with Gasteiger partial charge in [0.05, 0.1) is 15.5 Å². The minimum atomic E-state index is -4.39. The summed E-state index contributed by atoms with van der Waals surface area (Å²) in [6.07, 6.45) is 4.67. The molecule has 1 aliphatic rings. The van der Waals surface area contributed by atoms with Crippen molar-refractivity contribution in [1.29, 1.82) is 0 Å². The number of sulfonamides is 1. The fourth-order valence-electron chi connectivity index (χ4n) is 4.97. The normalized spacial score (nSPS) is 14.5. The maximum atomic E-state index is 14.7. The SMILES string of the molecule is C[C@H](C(=O)NC1CCCCC1)N(Cc1ccccc1F)C(=O)CN(c1cccc([N+](=O)[O-])c1)S(=O)(=O)c1ccccc1. The number of non-ortho nitro benzene ring substituents is 1. The smallest absolute Gasteiger partial charge is 0.271 e. The number of nitrogens with one attached hydrogen (secondary N) is 1. The minimum Gasteiger partial charge on any atom is -0.352 e. The molecule has 1 atom stereocenters. The molecule has 4 rings (SSSR count). The Labute approximate surface area is 244 Å².